The van der Waals surface area contributed by atoms with E-state index in [1.165, 1.54) is 7.11 Å². The maximum atomic E-state index is 12.6. The Morgan fingerprint density at radius 3 is 2.65 bits per heavy atom. The number of hydrogen-bond donors (Lipinski definition) is 0. The van der Waals surface area contributed by atoms with Gasteiger partial charge in [-0.2, -0.15) is 5.26 Å². The number of methoxy groups -OCH3 is 2. The largest absolute Gasteiger partial charge is 0.480 e. The van der Waals surface area contributed by atoms with Crippen LogP contribution in [0.4, 0.5) is 0 Å². The third-order valence-electron chi connectivity index (χ3n) is 4.08. The number of hydrogen-bond acceptors (Lipinski definition) is 6. The molecule has 0 radical (unpaired) electrons. The van der Waals surface area contributed by atoms with E-state index in [2.05, 4.69) is 25.9 Å². The van der Waals surface area contributed by atoms with Crippen LogP contribution in [0.1, 0.15) is 41.0 Å². The lowest BCUT2D eigenvalue weighted by molar-refractivity contribution is -0.117. The van der Waals surface area contributed by atoms with Crippen molar-refractivity contribution in [3.8, 4) is 11.9 Å². The van der Waals surface area contributed by atoms with Gasteiger partial charge in [0.1, 0.15) is 17.4 Å². The average Bonchev–Trinajstić information content (AvgIpc) is 2.64. The molecule has 0 unspecified atom stereocenters. The monoisotopic (exact) mass is 417 g/mol. The fourth-order valence-corrected chi connectivity index (χ4v) is 3.35. The summed E-state index contributed by atoms with van der Waals surface area (Å²) in [5.74, 6) is 0.259. The van der Waals surface area contributed by atoms with Gasteiger partial charge in [0.2, 0.25) is 5.88 Å². The molecule has 0 bridgehead atoms. The van der Waals surface area contributed by atoms with E-state index >= 15 is 0 Å². The number of aryl methyl sites for hydroxylation is 1. The molecule has 2 aromatic heterocycles. The molecule has 0 fully saturated rings. The molecule has 0 aliphatic carbocycles. The van der Waals surface area contributed by atoms with Gasteiger partial charge in [-0.05, 0) is 47.0 Å². The zero-order valence-electron chi connectivity index (χ0n) is 15.2. The van der Waals surface area contributed by atoms with Crippen LogP contribution in [0, 0.1) is 18.3 Å². The highest BCUT2D eigenvalue weighted by Crippen LogP contribution is 2.31. The topological polar surface area (TPSA) is 85.1 Å². The van der Waals surface area contributed by atoms with Gasteiger partial charge in [0.05, 0.1) is 18.9 Å². The highest BCUT2D eigenvalue weighted by molar-refractivity contribution is 9.10. The molecule has 2 heterocycles. The third kappa shape index (κ3) is 4.45. The van der Waals surface area contributed by atoms with E-state index in [4.69, 9.17) is 14.7 Å². The normalized spacial score (nSPS) is 11.7. The fourth-order valence-electron chi connectivity index (χ4n) is 2.67. The van der Waals surface area contributed by atoms with E-state index in [0.717, 1.165) is 21.3 Å². The number of Topliss-reactive ketones (excluding diaryl/α,β-unsaturated/α-hetero) is 1. The van der Waals surface area contributed by atoms with Gasteiger partial charge in [-0.3, -0.25) is 9.78 Å². The molecular weight excluding hydrogens is 398 g/mol. The quantitative estimate of drug-likeness (QED) is 0.685. The summed E-state index contributed by atoms with van der Waals surface area (Å²) in [6, 6.07) is 3.65. The Balaban J connectivity index is 2.23. The zero-order chi connectivity index (χ0) is 19.3. The molecule has 0 spiro atoms. The fraction of sp³-hybridized carbons (Fsp3) is 0.368. The average molecular weight is 418 g/mol. The van der Waals surface area contributed by atoms with Crippen molar-refractivity contribution in [2.24, 2.45) is 0 Å². The molecule has 6 nitrogen and oxygen atoms in total. The first-order valence-corrected chi connectivity index (χ1v) is 8.81. The first kappa shape index (κ1) is 20.0. The van der Waals surface area contributed by atoms with Gasteiger partial charge in [-0.1, -0.05) is 0 Å². The number of nitrogens with zero attached hydrogens (tertiary/aromatic N) is 3. The van der Waals surface area contributed by atoms with Crippen molar-refractivity contribution in [3.05, 3.63) is 50.9 Å². The van der Waals surface area contributed by atoms with Crippen LogP contribution >= 0.6 is 15.9 Å². The summed E-state index contributed by atoms with van der Waals surface area (Å²) in [5, 5.41) is 9.14. The second kappa shape index (κ2) is 8.88. The molecule has 7 heteroatoms. The highest BCUT2D eigenvalue weighted by atomic mass is 79.9. The number of ketones is 1. The lowest BCUT2D eigenvalue weighted by atomic mass is 9.97. The van der Waals surface area contributed by atoms with Crippen molar-refractivity contribution in [2.75, 3.05) is 14.2 Å². The van der Waals surface area contributed by atoms with Crippen LogP contribution in [0.2, 0.25) is 0 Å². The molecule has 1 atom stereocenters. The molecule has 0 aliphatic rings. The number of aromatic nitrogens is 2. The molecular formula is C19H20BrN3O3. The highest BCUT2D eigenvalue weighted by Gasteiger charge is 2.19. The lowest BCUT2D eigenvalue weighted by Crippen LogP contribution is -2.12. The summed E-state index contributed by atoms with van der Waals surface area (Å²) in [5.41, 5.74) is 3.58. The van der Waals surface area contributed by atoms with E-state index < -0.39 is 0 Å². The van der Waals surface area contributed by atoms with E-state index in [1.807, 2.05) is 19.9 Å². The van der Waals surface area contributed by atoms with Crippen LogP contribution in [0.25, 0.3) is 0 Å². The van der Waals surface area contributed by atoms with E-state index in [9.17, 15) is 4.79 Å². The molecule has 136 valence electrons. The molecule has 0 N–H and O–H groups in total. The second-order valence-corrected chi connectivity index (χ2v) is 6.67. The summed E-state index contributed by atoms with van der Waals surface area (Å²) < 4.78 is 11.3. The minimum absolute atomic E-state index is 0.00274. The first-order valence-electron chi connectivity index (χ1n) is 8.02. The second-order valence-electron chi connectivity index (χ2n) is 5.88. The number of pyridine rings is 2. The summed E-state index contributed by atoms with van der Waals surface area (Å²) in [6.45, 7) is 3.83. The molecule has 0 amide bonds. The van der Waals surface area contributed by atoms with Crippen molar-refractivity contribution < 1.29 is 14.3 Å². The summed E-state index contributed by atoms with van der Waals surface area (Å²) in [7, 11) is 3.08. The van der Waals surface area contributed by atoms with Crippen molar-refractivity contribution in [1.82, 2.24) is 9.97 Å². The smallest absolute Gasteiger partial charge is 0.231 e. The number of ether oxygens (including phenoxy) is 2. The van der Waals surface area contributed by atoms with E-state index in [0.29, 0.717) is 11.1 Å². The van der Waals surface area contributed by atoms with Crippen LogP contribution in [-0.2, 0) is 22.4 Å². The zero-order valence-corrected chi connectivity index (χ0v) is 16.8. The van der Waals surface area contributed by atoms with Crippen molar-refractivity contribution in [1.29, 1.82) is 5.26 Å². The Hall–Kier alpha value is -2.30. The minimum atomic E-state index is -0.165. The van der Waals surface area contributed by atoms with Crippen LogP contribution in [0.5, 0.6) is 5.88 Å². The molecule has 2 rings (SSSR count). The maximum absolute atomic E-state index is 12.6. The van der Waals surface area contributed by atoms with Crippen LogP contribution < -0.4 is 4.74 Å². The van der Waals surface area contributed by atoms with Gasteiger partial charge in [-0.25, -0.2) is 4.98 Å². The third-order valence-corrected chi connectivity index (χ3v) is 5.09. The summed E-state index contributed by atoms with van der Waals surface area (Å²) in [6.07, 6.45) is 3.51. The van der Waals surface area contributed by atoms with Gasteiger partial charge < -0.3 is 9.47 Å². The van der Waals surface area contributed by atoms with Gasteiger partial charge in [0.25, 0.3) is 0 Å². The number of halogens is 1. The number of rotatable bonds is 7. The van der Waals surface area contributed by atoms with E-state index in [1.54, 1.807) is 25.6 Å². The maximum Gasteiger partial charge on any atom is 0.231 e. The predicted molar refractivity (Wildman–Crippen MR) is 100 cm³/mol. The standard InChI is InChI=1S/C19H20BrN3O3/c1-11-18(20)17(12(2)25-3)15(10-22-11)7-16(24)6-13-5-14(8-21)19(26-4)23-9-13/h5,9-10,12H,6-7H2,1-4H3/t12-/m0/s1. The summed E-state index contributed by atoms with van der Waals surface area (Å²) >= 11 is 3.55. The molecule has 0 aromatic carbocycles. The Kier molecular flexibility index (Phi) is 6.83. The molecule has 0 saturated heterocycles. The number of carbonyl (C=O) groups is 1. The van der Waals surface area contributed by atoms with Crippen molar-refractivity contribution in [2.45, 2.75) is 32.8 Å². The number of nitriles is 1. The van der Waals surface area contributed by atoms with Crippen LogP contribution in [0.15, 0.2) is 22.9 Å². The molecule has 2 aromatic rings. The first-order chi connectivity index (χ1) is 12.4. The van der Waals surface area contributed by atoms with Crippen molar-refractivity contribution in [3.63, 3.8) is 0 Å². The van der Waals surface area contributed by atoms with Gasteiger partial charge in [0, 0.05) is 42.4 Å². The molecule has 0 saturated carbocycles. The Morgan fingerprint density at radius 1 is 1.31 bits per heavy atom. The van der Waals surface area contributed by atoms with Gasteiger partial charge in [-0.15, -0.1) is 0 Å². The molecule has 0 aliphatic heterocycles. The minimum Gasteiger partial charge on any atom is -0.480 e. The summed E-state index contributed by atoms with van der Waals surface area (Å²) in [4.78, 5) is 21.0. The number of carbonyl (C=O) groups excluding carboxylic acids is 1. The van der Waals surface area contributed by atoms with Crippen LogP contribution in [0.3, 0.4) is 0 Å². The predicted octanol–water partition coefficient (Wildman–Crippen LogP) is 3.49. The van der Waals surface area contributed by atoms with Crippen molar-refractivity contribution >= 4 is 21.7 Å². The Morgan fingerprint density at radius 2 is 2.04 bits per heavy atom. The van der Waals surface area contributed by atoms with Gasteiger partial charge in [0.15, 0.2) is 0 Å². The SMILES string of the molecule is COc1ncc(CC(=O)Cc2cnc(C)c(Br)c2[C@H](C)OC)cc1C#N. The lowest BCUT2D eigenvalue weighted by Gasteiger charge is -2.18. The Bertz CT molecular complexity index is 862. The van der Waals surface area contributed by atoms with E-state index in [-0.39, 0.29) is 30.6 Å². The Labute approximate surface area is 161 Å². The molecule has 26 heavy (non-hydrogen) atoms. The van der Waals surface area contributed by atoms with Crippen LogP contribution in [-0.4, -0.2) is 30.0 Å². The van der Waals surface area contributed by atoms with Gasteiger partial charge >= 0.3 is 0 Å².